The topological polar surface area (TPSA) is 102 Å². The highest BCUT2D eigenvalue weighted by Crippen LogP contribution is 2.47. The van der Waals surface area contributed by atoms with Gasteiger partial charge < -0.3 is 19.1 Å². The molecule has 0 radical (unpaired) electrons. The zero-order chi connectivity index (χ0) is 24.7. The first-order valence-corrected chi connectivity index (χ1v) is 11.9. The molecule has 1 atom stereocenters. The van der Waals surface area contributed by atoms with Crippen LogP contribution in [0.15, 0.2) is 78.0 Å². The van der Waals surface area contributed by atoms with Crippen molar-refractivity contribution in [2.45, 2.75) is 24.9 Å². The molecule has 4 heterocycles. The fourth-order valence-corrected chi connectivity index (χ4v) is 5.24. The Labute approximate surface area is 208 Å². The van der Waals surface area contributed by atoms with Crippen molar-refractivity contribution in [1.29, 1.82) is 5.26 Å². The van der Waals surface area contributed by atoms with E-state index in [2.05, 4.69) is 11.1 Å². The van der Waals surface area contributed by atoms with Crippen molar-refractivity contribution in [1.82, 2.24) is 9.88 Å². The summed E-state index contributed by atoms with van der Waals surface area (Å²) >= 11 is 0. The largest absolute Gasteiger partial charge is 0.478 e. The number of piperidine rings is 1. The van der Waals surface area contributed by atoms with Crippen LogP contribution in [0.25, 0.3) is 5.76 Å². The van der Waals surface area contributed by atoms with Gasteiger partial charge in [-0.15, -0.1) is 0 Å². The van der Waals surface area contributed by atoms with E-state index in [1.165, 1.54) is 0 Å². The third kappa shape index (κ3) is 3.64. The quantitative estimate of drug-likeness (QED) is 0.658. The van der Waals surface area contributed by atoms with Crippen molar-refractivity contribution in [3.05, 3.63) is 94.7 Å². The minimum absolute atomic E-state index is 0.0302. The molecule has 1 unspecified atom stereocenters. The highest BCUT2D eigenvalue weighted by Gasteiger charge is 2.53. The Balaban J connectivity index is 1.26. The summed E-state index contributed by atoms with van der Waals surface area (Å²) in [5.74, 6) is 1.61. The number of ether oxygens (including phenoxy) is 3. The average molecular weight is 482 g/mol. The predicted octanol–water partition coefficient (Wildman–Crippen LogP) is 3.73. The van der Waals surface area contributed by atoms with Gasteiger partial charge in [0.25, 0.3) is 5.91 Å². The SMILES string of the molecule is N#Cc1ccc(C(=O)N2CCC3(CC2)OC(c2ccncc2)=C(C2C=C4OCOC4=CC2)C3=O)cc1. The second kappa shape index (κ2) is 8.68. The van der Waals surface area contributed by atoms with Crippen LogP contribution in [-0.4, -0.2) is 47.1 Å². The van der Waals surface area contributed by atoms with Gasteiger partial charge in [-0.1, -0.05) is 0 Å². The van der Waals surface area contributed by atoms with Gasteiger partial charge in [0, 0.05) is 60.9 Å². The van der Waals surface area contributed by atoms with Crippen LogP contribution in [0.1, 0.15) is 40.7 Å². The number of aromatic nitrogens is 1. The standard InChI is InChI=1S/C28H23N3O5/c29-16-18-1-3-20(4-2-18)27(33)31-13-9-28(10-14-31)26(32)24(25(36-28)19-7-11-30-12-8-19)21-5-6-22-23(15-21)35-17-34-22/h1-4,6-8,11-12,15,21H,5,9-10,13-14,17H2. The fraction of sp³-hybridized carbons (Fsp3) is 0.286. The van der Waals surface area contributed by atoms with E-state index in [0.29, 0.717) is 66.3 Å². The molecule has 1 amide bonds. The molecular weight excluding hydrogens is 458 g/mol. The van der Waals surface area contributed by atoms with Crippen LogP contribution in [0.4, 0.5) is 0 Å². The van der Waals surface area contributed by atoms with Crippen molar-refractivity contribution >= 4 is 17.4 Å². The van der Waals surface area contributed by atoms with Gasteiger partial charge in [0.15, 0.2) is 17.1 Å². The van der Waals surface area contributed by atoms with E-state index >= 15 is 0 Å². The molecule has 1 aromatic heterocycles. The summed E-state index contributed by atoms with van der Waals surface area (Å²) in [6.07, 6.45) is 8.68. The lowest BCUT2D eigenvalue weighted by molar-refractivity contribution is -0.133. The number of carbonyl (C=O) groups excluding carboxylic acids is 2. The normalized spacial score (nSPS) is 22.1. The molecule has 0 N–H and O–H groups in total. The Morgan fingerprint density at radius 2 is 1.78 bits per heavy atom. The lowest BCUT2D eigenvalue weighted by Gasteiger charge is -2.38. The molecule has 8 heteroatoms. The maximum absolute atomic E-state index is 14.0. The molecule has 1 aliphatic carbocycles. The average Bonchev–Trinajstić information content (AvgIpc) is 3.51. The second-order valence-electron chi connectivity index (χ2n) is 9.23. The number of likely N-dealkylation sites (tertiary alicyclic amines) is 1. The smallest absolute Gasteiger partial charge is 0.253 e. The summed E-state index contributed by atoms with van der Waals surface area (Å²) in [5, 5.41) is 9.00. The van der Waals surface area contributed by atoms with Gasteiger partial charge in [-0.3, -0.25) is 14.6 Å². The maximum atomic E-state index is 14.0. The number of allylic oxidation sites excluding steroid dienone is 2. The van der Waals surface area contributed by atoms with E-state index in [0.717, 1.165) is 5.56 Å². The summed E-state index contributed by atoms with van der Waals surface area (Å²) < 4.78 is 17.6. The number of rotatable bonds is 3. The van der Waals surface area contributed by atoms with Gasteiger partial charge in [-0.25, -0.2) is 0 Å². The molecule has 6 rings (SSSR count). The highest BCUT2D eigenvalue weighted by molar-refractivity contribution is 6.11. The van der Waals surface area contributed by atoms with Crippen molar-refractivity contribution in [2.75, 3.05) is 19.9 Å². The maximum Gasteiger partial charge on any atom is 0.253 e. The predicted molar refractivity (Wildman–Crippen MR) is 128 cm³/mol. The first kappa shape index (κ1) is 22.1. The molecule has 180 valence electrons. The van der Waals surface area contributed by atoms with E-state index in [9.17, 15) is 9.59 Å². The third-order valence-corrected chi connectivity index (χ3v) is 7.21. The van der Waals surface area contributed by atoms with Crippen molar-refractivity contribution in [3.63, 3.8) is 0 Å². The van der Waals surface area contributed by atoms with Gasteiger partial charge in [0.05, 0.1) is 11.6 Å². The highest BCUT2D eigenvalue weighted by atomic mass is 16.7. The van der Waals surface area contributed by atoms with Gasteiger partial charge >= 0.3 is 0 Å². The Morgan fingerprint density at radius 1 is 1.06 bits per heavy atom. The van der Waals surface area contributed by atoms with Gasteiger partial charge in [-0.05, 0) is 55.0 Å². The van der Waals surface area contributed by atoms with Gasteiger partial charge in [0.1, 0.15) is 5.76 Å². The number of nitriles is 1. The van der Waals surface area contributed by atoms with Crippen LogP contribution >= 0.6 is 0 Å². The summed E-state index contributed by atoms with van der Waals surface area (Å²) in [4.78, 5) is 32.9. The first-order valence-electron chi connectivity index (χ1n) is 11.9. The van der Waals surface area contributed by atoms with Crippen LogP contribution in [0.3, 0.4) is 0 Å². The number of hydrogen-bond donors (Lipinski definition) is 0. The molecule has 8 nitrogen and oxygen atoms in total. The molecule has 4 aliphatic rings. The Morgan fingerprint density at radius 3 is 2.50 bits per heavy atom. The molecule has 3 aliphatic heterocycles. The van der Waals surface area contributed by atoms with E-state index in [1.54, 1.807) is 41.6 Å². The molecule has 2 aromatic rings. The number of fused-ring (bicyclic) bond motifs is 1. The fourth-order valence-electron chi connectivity index (χ4n) is 5.24. The Bertz CT molecular complexity index is 1360. The van der Waals surface area contributed by atoms with Crippen LogP contribution in [0.2, 0.25) is 0 Å². The van der Waals surface area contributed by atoms with E-state index in [1.807, 2.05) is 24.3 Å². The van der Waals surface area contributed by atoms with Crippen LogP contribution in [0.5, 0.6) is 0 Å². The number of hydrogen-bond acceptors (Lipinski definition) is 7. The minimum atomic E-state index is -1.01. The number of benzene rings is 1. The first-order chi connectivity index (χ1) is 17.6. The Hall–Kier alpha value is -4.38. The second-order valence-corrected chi connectivity index (χ2v) is 9.23. The van der Waals surface area contributed by atoms with Crippen molar-refractivity contribution in [3.8, 4) is 6.07 Å². The molecule has 1 spiro atoms. The summed E-state index contributed by atoms with van der Waals surface area (Å²) in [5.41, 5.74) is 1.45. The van der Waals surface area contributed by atoms with Crippen LogP contribution in [0, 0.1) is 17.2 Å². The monoisotopic (exact) mass is 481 g/mol. The van der Waals surface area contributed by atoms with E-state index in [-0.39, 0.29) is 24.4 Å². The molecular formula is C28H23N3O5. The molecule has 2 saturated heterocycles. The zero-order valence-electron chi connectivity index (χ0n) is 19.5. The lowest BCUT2D eigenvalue weighted by atomic mass is 9.79. The zero-order valence-corrected chi connectivity index (χ0v) is 19.5. The lowest BCUT2D eigenvalue weighted by Crippen LogP contribution is -2.50. The minimum Gasteiger partial charge on any atom is -0.478 e. The number of carbonyl (C=O) groups is 2. The van der Waals surface area contributed by atoms with Crippen molar-refractivity contribution < 1.29 is 23.8 Å². The number of ketones is 1. The molecule has 2 fully saturated rings. The molecule has 36 heavy (non-hydrogen) atoms. The number of pyridine rings is 1. The van der Waals surface area contributed by atoms with E-state index < -0.39 is 5.60 Å². The van der Waals surface area contributed by atoms with Gasteiger partial charge in [-0.2, -0.15) is 5.26 Å². The van der Waals surface area contributed by atoms with E-state index in [4.69, 9.17) is 19.5 Å². The summed E-state index contributed by atoms with van der Waals surface area (Å²) in [7, 11) is 0. The summed E-state index contributed by atoms with van der Waals surface area (Å²) in [6, 6.07) is 12.4. The van der Waals surface area contributed by atoms with Gasteiger partial charge in [0.2, 0.25) is 12.6 Å². The summed E-state index contributed by atoms with van der Waals surface area (Å²) in [6.45, 7) is 0.973. The third-order valence-electron chi connectivity index (χ3n) is 7.21. The Kier molecular flexibility index (Phi) is 5.33. The van der Waals surface area contributed by atoms with Crippen LogP contribution < -0.4 is 0 Å². The van der Waals surface area contributed by atoms with Crippen LogP contribution in [-0.2, 0) is 19.0 Å². The number of Topliss-reactive ketones (excluding diaryl/α,β-unsaturated/α-hetero) is 1. The number of amides is 1. The number of nitrogens with zero attached hydrogens (tertiary/aromatic N) is 3. The molecule has 0 saturated carbocycles. The van der Waals surface area contributed by atoms with Crippen molar-refractivity contribution in [2.24, 2.45) is 5.92 Å². The molecule has 1 aromatic carbocycles. The molecule has 0 bridgehead atoms.